The highest BCUT2D eigenvalue weighted by atomic mass is 14.0. The summed E-state index contributed by atoms with van der Waals surface area (Å²) in [5, 5.41) is 0. The van der Waals surface area contributed by atoms with Crippen LogP contribution in [-0.4, -0.2) is 0 Å². The van der Waals surface area contributed by atoms with Crippen molar-refractivity contribution < 1.29 is 0 Å². The van der Waals surface area contributed by atoms with Gasteiger partial charge in [0.15, 0.2) is 0 Å². The normalized spacial score (nSPS) is 10.5. The van der Waals surface area contributed by atoms with Crippen molar-refractivity contribution in [2.24, 2.45) is 0 Å². The fourth-order valence-electron chi connectivity index (χ4n) is 0. The minimum Gasteiger partial charge on any atom is -0.0683 e. The molecule has 78 valence electrons. The Labute approximate surface area is 80.8 Å². The van der Waals surface area contributed by atoms with E-state index in [2.05, 4.69) is 27.7 Å². The lowest BCUT2D eigenvalue weighted by Crippen LogP contribution is -1.47. The van der Waals surface area contributed by atoms with Gasteiger partial charge < -0.3 is 0 Å². The average Bonchev–Trinajstić information content (AvgIpc) is 2.95. The molecule has 0 heterocycles. The predicted molar refractivity (Wildman–Crippen MR) is 61.7 cm³/mol. The van der Waals surface area contributed by atoms with Crippen molar-refractivity contribution in [1.29, 1.82) is 0 Å². The van der Waals surface area contributed by atoms with Gasteiger partial charge in [0, 0.05) is 0 Å². The van der Waals surface area contributed by atoms with Crippen LogP contribution in [0.2, 0.25) is 0 Å². The van der Waals surface area contributed by atoms with Crippen molar-refractivity contribution in [3.63, 3.8) is 0 Å². The topological polar surface area (TPSA) is 0 Å². The first-order chi connectivity index (χ1) is 5.83. The van der Waals surface area contributed by atoms with E-state index in [4.69, 9.17) is 0 Å². The van der Waals surface area contributed by atoms with Gasteiger partial charge in [-0.15, -0.1) is 0 Å². The van der Waals surface area contributed by atoms with E-state index in [-0.39, 0.29) is 0 Å². The summed E-state index contributed by atoms with van der Waals surface area (Å²) in [5.41, 5.74) is 0. The second-order valence-electron chi connectivity index (χ2n) is 2.77. The molecule has 0 spiro atoms. The lowest BCUT2D eigenvalue weighted by atomic mass is 10.4. The van der Waals surface area contributed by atoms with Gasteiger partial charge in [-0.05, 0) is 0 Å². The van der Waals surface area contributed by atoms with Crippen LogP contribution >= 0.6 is 0 Å². The van der Waals surface area contributed by atoms with Gasteiger partial charge in [-0.2, -0.15) is 0 Å². The van der Waals surface area contributed by atoms with Crippen LogP contribution in [0.1, 0.15) is 80.1 Å². The van der Waals surface area contributed by atoms with Crippen molar-refractivity contribution >= 4 is 0 Å². The van der Waals surface area contributed by atoms with Crippen LogP contribution in [-0.2, 0) is 0 Å². The highest BCUT2D eigenvalue weighted by Gasteiger charge is 1.95. The minimum absolute atomic E-state index is 1.25. The molecule has 0 saturated heterocycles. The molecule has 1 aliphatic rings. The summed E-state index contributed by atoms with van der Waals surface area (Å²) in [6.07, 6.45) is 8.39. The lowest BCUT2D eigenvalue weighted by Gasteiger charge is -1.68. The van der Waals surface area contributed by atoms with Gasteiger partial charge in [-0.1, -0.05) is 80.1 Å². The van der Waals surface area contributed by atoms with Gasteiger partial charge in [0.05, 0.1) is 0 Å². The molecule has 0 aliphatic heterocycles. The fourth-order valence-corrected chi connectivity index (χ4v) is 0. The van der Waals surface area contributed by atoms with Crippen molar-refractivity contribution in [1.82, 2.24) is 0 Å². The SMILES string of the molecule is C1CC1.CC.CCC.CCCC. The third-order valence-electron chi connectivity index (χ3n) is 0.854. The van der Waals surface area contributed by atoms with Crippen LogP contribution in [0.5, 0.6) is 0 Å². The van der Waals surface area contributed by atoms with E-state index < -0.39 is 0 Å². The Balaban J connectivity index is -0.0000000927. The minimum atomic E-state index is 1.25. The second kappa shape index (κ2) is 30.6. The molecule has 0 nitrogen and oxygen atoms in total. The first-order valence-corrected chi connectivity index (χ1v) is 5.83. The second-order valence-corrected chi connectivity index (χ2v) is 2.77. The van der Waals surface area contributed by atoms with E-state index in [1.54, 1.807) is 0 Å². The van der Waals surface area contributed by atoms with Crippen molar-refractivity contribution in [2.45, 2.75) is 80.1 Å². The van der Waals surface area contributed by atoms with Crippen molar-refractivity contribution in [2.75, 3.05) is 0 Å². The van der Waals surface area contributed by atoms with Crippen molar-refractivity contribution in [3.05, 3.63) is 0 Å². The third-order valence-corrected chi connectivity index (χ3v) is 0.854. The van der Waals surface area contributed by atoms with Crippen LogP contribution in [0.3, 0.4) is 0 Å². The number of hydrogen-bond acceptors (Lipinski definition) is 0. The van der Waals surface area contributed by atoms with Crippen LogP contribution in [0.25, 0.3) is 0 Å². The molecule has 0 radical (unpaired) electrons. The molecule has 0 N–H and O–H groups in total. The van der Waals surface area contributed by atoms with E-state index in [0.29, 0.717) is 0 Å². The van der Waals surface area contributed by atoms with Crippen LogP contribution < -0.4 is 0 Å². The summed E-state index contributed by atoms with van der Waals surface area (Å²) >= 11 is 0. The molecule has 1 rings (SSSR count). The fraction of sp³-hybridized carbons (Fsp3) is 1.00. The molecule has 0 aromatic rings. The van der Waals surface area contributed by atoms with E-state index in [0.717, 1.165) is 0 Å². The van der Waals surface area contributed by atoms with Crippen LogP contribution in [0.15, 0.2) is 0 Å². The molecular weight excluding hydrogens is 144 g/mol. The molecule has 0 atom stereocenters. The van der Waals surface area contributed by atoms with Gasteiger partial charge in [0.25, 0.3) is 0 Å². The Kier molecular flexibility index (Phi) is 45.6. The smallest absolute Gasteiger partial charge is 0.0533 e. The number of rotatable bonds is 1. The summed E-state index contributed by atoms with van der Waals surface area (Å²) in [5.74, 6) is 0. The Morgan fingerprint density at radius 2 is 0.833 bits per heavy atom. The van der Waals surface area contributed by atoms with Crippen LogP contribution in [0, 0.1) is 0 Å². The zero-order valence-corrected chi connectivity index (χ0v) is 10.2. The van der Waals surface area contributed by atoms with Crippen molar-refractivity contribution in [3.8, 4) is 0 Å². The van der Waals surface area contributed by atoms with Gasteiger partial charge >= 0.3 is 0 Å². The molecule has 0 amide bonds. The maximum absolute atomic E-state index is 2.18. The Morgan fingerprint density at radius 3 is 0.833 bits per heavy atom. The average molecular weight is 174 g/mol. The summed E-state index contributed by atoms with van der Waals surface area (Å²) in [6, 6.07) is 0. The molecule has 0 aromatic carbocycles. The first-order valence-electron chi connectivity index (χ1n) is 5.83. The lowest BCUT2D eigenvalue weighted by molar-refractivity contribution is 0.886. The van der Waals surface area contributed by atoms with Gasteiger partial charge in [0.2, 0.25) is 0 Å². The Morgan fingerprint density at radius 1 is 0.667 bits per heavy atom. The van der Waals surface area contributed by atoms with Gasteiger partial charge in [-0.25, -0.2) is 0 Å². The zero-order chi connectivity index (χ0) is 10.2. The standard InChI is InChI=1S/C4H10.C3H6.C3H8.C2H6/c1-3-4-2;1-2-3-1;1-3-2;1-2/h3-4H2,1-2H3;1-3H2;3H2,1-2H3;1-2H3. The van der Waals surface area contributed by atoms with Gasteiger partial charge in [0.1, 0.15) is 0 Å². The highest BCUT2D eigenvalue weighted by Crippen LogP contribution is 2.14. The van der Waals surface area contributed by atoms with E-state index >= 15 is 0 Å². The molecule has 1 aliphatic carbocycles. The Bertz CT molecular complexity index is 24.3. The molecule has 0 aromatic heterocycles. The maximum Gasteiger partial charge on any atom is -0.0533 e. The molecule has 1 fully saturated rings. The largest absolute Gasteiger partial charge is 0.0683 e. The molecule has 1 saturated carbocycles. The summed E-state index contributed by atoms with van der Waals surface area (Å²) in [7, 11) is 0. The summed E-state index contributed by atoms with van der Waals surface area (Å²) < 4.78 is 0. The van der Waals surface area contributed by atoms with E-state index in [1.807, 2.05) is 13.8 Å². The summed E-state index contributed by atoms with van der Waals surface area (Å²) in [6.45, 7) is 12.6. The third kappa shape index (κ3) is 202. The van der Waals surface area contributed by atoms with E-state index in [9.17, 15) is 0 Å². The first kappa shape index (κ1) is 17.9. The number of hydrogen-bond donors (Lipinski definition) is 0. The molecular formula is C12H30. The highest BCUT2D eigenvalue weighted by molar-refractivity contribution is 4.50. The monoisotopic (exact) mass is 174 g/mol. The molecule has 0 heteroatoms. The number of unbranched alkanes of at least 4 members (excludes halogenated alkanes) is 1. The molecule has 12 heavy (non-hydrogen) atoms. The maximum atomic E-state index is 2.18. The van der Waals surface area contributed by atoms with Gasteiger partial charge in [-0.3, -0.25) is 0 Å². The zero-order valence-electron chi connectivity index (χ0n) is 10.2. The van der Waals surface area contributed by atoms with E-state index in [1.165, 1.54) is 38.5 Å². The predicted octanol–water partition coefficient (Wildman–Crippen LogP) is 5.42. The quantitative estimate of drug-likeness (QED) is 0.498. The molecule has 0 unspecified atom stereocenters. The molecule has 0 bridgehead atoms. The summed E-state index contributed by atoms with van der Waals surface area (Å²) in [4.78, 5) is 0. The Hall–Kier alpha value is 0. The van der Waals surface area contributed by atoms with Crippen LogP contribution in [0.4, 0.5) is 0 Å².